The van der Waals surface area contributed by atoms with Gasteiger partial charge >= 0.3 is 0 Å². The van der Waals surface area contributed by atoms with Gasteiger partial charge in [-0.3, -0.25) is 4.79 Å². The Labute approximate surface area is 117 Å². The number of benzene rings is 1. The summed E-state index contributed by atoms with van der Waals surface area (Å²) in [5.74, 6) is 0.771. The monoisotopic (exact) mass is 270 g/mol. The van der Waals surface area contributed by atoms with Gasteiger partial charge in [0, 0.05) is 25.5 Å². The van der Waals surface area contributed by atoms with Gasteiger partial charge in [-0.15, -0.1) is 0 Å². The second-order valence-corrected chi connectivity index (χ2v) is 5.07. The van der Waals surface area contributed by atoms with Crippen LogP contribution in [0.1, 0.15) is 36.8 Å². The van der Waals surface area contributed by atoms with Crippen LogP contribution in [0.3, 0.4) is 0 Å². The molecule has 104 valence electrons. The van der Waals surface area contributed by atoms with Gasteiger partial charge in [0.25, 0.3) is 0 Å². The largest absolute Gasteiger partial charge is 0.440 e. The van der Waals surface area contributed by atoms with Crippen LogP contribution in [-0.4, -0.2) is 17.4 Å². The number of nitrogens with one attached hydrogen (secondary N) is 1. The number of allylic oxidation sites excluding steroid dienone is 1. The van der Waals surface area contributed by atoms with Gasteiger partial charge in [0.05, 0.1) is 0 Å². The van der Waals surface area contributed by atoms with E-state index in [1.807, 2.05) is 19.9 Å². The molecule has 0 radical (unpaired) electrons. The normalized spacial score (nSPS) is 15.8. The molecule has 0 saturated heterocycles. The highest BCUT2D eigenvalue weighted by molar-refractivity contribution is 5.91. The van der Waals surface area contributed by atoms with E-state index in [4.69, 9.17) is 4.42 Å². The molecule has 1 heterocycles. The molecule has 3 rings (SSSR count). The second kappa shape index (κ2) is 5.12. The molecule has 1 aromatic carbocycles. The average molecular weight is 270 g/mol. The first-order chi connectivity index (χ1) is 9.69. The number of oxazole rings is 1. The average Bonchev–Trinajstić information content (AvgIpc) is 3.00. The Morgan fingerprint density at radius 3 is 3.10 bits per heavy atom. The van der Waals surface area contributed by atoms with Gasteiger partial charge in [0.1, 0.15) is 5.52 Å². The second-order valence-electron chi connectivity index (χ2n) is 5.07. The lowest BCUT2D eigenvalue weighted by Gasteiger charge is -2.03. The predicted octanol–water partition coefficient (Wildman–Crippen LogP) is 2.99. The highest BCUT2D eigenvalue weighted by Gasteiger charge is 2.21. The summed E-state index contributed by atoms with van der Waals surface area (Å²) < 4.78 is 5.75. The first-order valence-electron chi connectivity index (χ1n) is 7.04. The van der Waals surface area contributed by atoms with Crippen molar-refractivity contribution in [2.75, 3.05) is 6.54 Å². The van der Waals surface area contributed by atoms with E-state index in [1.54, 1.807) is 0 Å². The number of hydrogen-bond acceptors (Lipinski definition) is 3. The molecule has 2 aromatic rings. The van der Waals surface area contributed by atoms with E-state index in [-0.39, 0.29) is 5.91 Å². The van der Waals surface area contributed by atoms with E-state index in [2.05, 4.69) is 22.4 Å². The predicted molar refractivity (Wildman–Crippen MR) is 78.3 cm³/mol. The van der Waals surface area contributed by atoms with Crippen molar-refractivity contribution in [1.29, 1.82) is 0 Å². The molecule has 4 heteroatoms. The van der Waals surface area contributed by atoms with Crippen LogP contribution in [0.5, 0.6) is 0 Å². The van der Waals surface area contributed by atoms with Crippen LogP contribution >= 0.6 is 0 Å². The van der Waals surface area contributed by atoms with E-state index in [0.717, 1.165) is 23.9 Å². The Kier molecular flexibility index (Phi) is 3.30. The van der Waals surface area contributed by atoms with Gasteiger partial charge in [-0.1, -0.05) is 19.1 Å². The molecule has 0 fully saturated rings. The van der Waals surface area contributed by atoms with Crippen LogP contribution < -0.4 is 5.32 Å². The molecule has 20 heavy (non-hydrogen) atoms. The summed E-state index contributed by atoms with van der Waals surface area (Å²) in [7, 11) is 0. The molecule has 0 bridgehead atoms. The first kappa shape index (κ1) is 12.9. The van der Waals surface area contributed by atoms with Crippen LogP contribution in [0.25, 0.3) is 16.7 Å². The third-order valence-corrected chi connectivity index (χ3v) is 3.70. The van der Waals surface area contributed by atoms with E-state index >= 15 is 0 Å². The topological polar surface area (TPSA) is 55.1 Å². The molecular formula is C16H18N2O2. The first-order valence-corrected chi connectivity index (χ1v) is 7.04. The minimum atomic E-state index is 0.0776. The van der Waals surface area contributed by atoms with Crippen LogP contribution in [0.2, 0.25) is 0 Å². The number of fused-ring (bicyclic) bond motifs is 3. The summed E-state index contributed by atoms with van der Waals surface area (Å²) in [6, 6.07) is 4.15. The molecule has 0 atom stereocenters. The molecule has 0 aliphatic heterocycles. The Morgan fingerprint density at radius 1 is 1.45 bits per heavy atom. The summed E-state index contributed by atoms with van der Waals surface area (Å²) >= 11 is 0. The van der Waals surface area contributed by atoms with Crippen LogP contribution in [0.15, 0.2) is 22.6 Å². The Hall–Kier alpha value is -2.10. The Bertz CT molecular complexity index is 698. The van der Waals surface area contributed by atoms with Crippen molar-refractivity contribution in [3.05, 3.63) is 35.2 Å². The zero-order chi connectivity index (χ0) is 14.1. The van der Waals surface area contributed by atoms with Gasteiger partial charge < -0.3 is 9.73 Å². The van der Waals surface area contributed by atoms with Crippen LogP contribution in [-0.2, 0) is 11.2 Å². The third-order valence-electron chi connectivity index (χ3n) is 3.70. The molecule has 4 nitrogen and oxygen atoms in total. The lowest BCUT2D eigenvalue weighted by Crippen LogP contribution is -2.22. The van der Waals surface area contributed by atoms with Gasteiger partial charge in [0.2, 0.25) is 5.91 Å². The van der Waals surface area contributed by atoms with Gasteiger partial charge in [-0.2, -0.15) is 0 Å². The van der Waals surface area contributed by atoms with Gasteiger partial charge in [-0.05, 0) is 30.0 Å². The summed E-state index contributed by atoms with van der Waals surface area (Å²) in [5.41, 5.74) is 5.52. The molecule has 1 N–H and O–H groups in total. The zero-order valence-corrected chi connectivity index (χ0v) is 11.8. The van der Waals surface area contributed by atoms with Crippen molar-refractivity contribution < 1.29 is 9.21 Å². The number of rotatable bonds is 3. The number of aryl methyl sites for hydroxylation is 2. The Balaban J connectivity index is 1.94. The van der Waals surface area contributed by atoms with Crippen molar-refractivity contribution in [3.8, 4) is 0 Å². The van der Waals surface area contributed by atoms with Crippen molar-refractivity contribution in [3.63, 3.8) is 0 Å². The van der Waals surface area contributed by atoms with Gasteiger partial charge in [0.15, 0.2) is 11.5 Å². The van der Waals surface area contributed by atoms with Crippen molar-refractivity contribution >= 4 is 22.6 Å². The summed E-state index contributed by atoms with van der Waals surface area (Å²) in [4.78, 5) is 15.7. The number of carbonyl (C=O) groups excluding carboxylic acids is 1. The van der Waals surface area contributed by atoms with E-state index in [1.165, 1.54) is 16.7 Å². The smallest absolute Gasteiger partial charge is 0.219 e. The molecule has 0 unspecified atom stereocenters. The molecule has 0 spiro atoms. The van der Waals surface area contributed by atoms with Crippen LogP contribution in [0, 0.1) is 6.92 Å². The maximum absolute atomic E-state index is 11.3. The summed E-state index contributed by atoms with van der Waals surface area (Å²) in [5, 5.41) is 2.88. The number of carbonyl (C=O) groups is 1. The zero-order valence-electron chi connectivity index (χ0n) is 11.8. The Morgan fingerprint density at radius 2 is 2.30 bits per heavy atom. The lowest BCUT2D eigenvalue weighted by molar-refractivity contribution is -0.120. The maximum Gasteiger partial charge on any atom is 0.219 e. The minimum Gasteiger partial charge on any atom is -0.440 e. The third kappa shape index (κ3) is 2.22. The molecule has 1 amide bonds. The van der Waals surface area contributed by atoms with E-state index in [9.17, 15) is 4.79 Å². The maximum atomic E-state index is 11.3. The standard InChI is InChI=1S/C16H18N2O2/c1-3-14(19)17-9-8-12-5-4-11-6-7-13-16(15(11)12)20-10(2)18-13/h6-8H,3-5,9H2,1-2H3,(H,17,19)/b12-8-. The molecular weight excluding hydrogens is 252 g/mol. The number of aromatic nitrogens is 1. The van der Waals surface area contributed by atoms with E-state index < -0.39 is 0 Å². The van der Waals surface area contributed by atoms with E-state index in [0.29, 0.717) is 18.9 Å². The molecule has 1 aliphatic rings. The van der Waals surface area contributed by atoms with Crippen LogP contribution in [0.4, 0.5) is 0 Å². The fraction of sp³-hybridized carbons (Fsp3) is 0.375. The number of nitrogens with zero attached hydrogens (tertiary/aromatic N) is 1. The summed E-state index contributed by atoms with van der Waals surface area (Å²) in [6.45, 7) is 4.30. The SMILES string of the molecule is CCC(=O)NC/C=C1/CCc2ccc3nc(C)oc3c21. The number of amides is 1. The fourth-order valence-corrected chi connectivity index (χ4v) is 2.72. The van der Waals surface area contributed by atoms with Gasteiger partial charge in [-0.25, -0.2) is 4.98 Å². The summed E-state index contributed by atoms with van der Waals surface area (Å²) in [6.07, 6.45) is 4.64. The lowest BCUT2D eigenvalue weighted by atomic mass is 10.1. The molecule has 0 saturated carbocycles. The van der Waals surface area contributed by atoms with Crippen molar-refractivity contribution in [1.82, 2.24) is 10.3 Å². The van der Waals surface area contributed by atoms with Crippen molar-refractivity contribution in [2.24, 2.45) is 0 Å². The van der Waals surface area contributed by atoms with Crippen molar-refractivity contribution in [2.45, 2.75) is 33.1 Å². The molecule has 1 aliphatic carbocycles. The highest BCUT2D eigenvalue weighted by atomic mass is 16.3. The highest BCUT2D eigenvalue weighted by Crippen LogP contribution is 2.37. The fourth-order valence-electron chi connectivity index (χ4n) is 2.72. The molecule has 1 aromatic heterocycles. The quantitative estimate of drug-likeness (QED) is 0.932. The minimum absolute atomic E-state index is 0.0776. The number of hydrogen-bond donors (Lipinski definition) is 1.